The Morgan fingerprint density at radius 3 is 1.86 bits per heavy atom. The van der Waals surface area contributed by atoms with Gasteiger partial charge in [-0.25, -0.2) is 0 Å². The number of hydrogen-bond acceptors (Lipinski definition) is 5. The Morgan fingerprint density at radius 1 is 0.759 bits per heavy atom. The molecule has 5 heteroatoms. The third-order valence-electron chi connectivity index (χ3n) is 4.77. The van der Waals surface area contributed by atoms with E-state index in [9.17, 15) is 15.3 Å². The second kappa shape index (κ2) is 10.5. The molecule has 0 aromatic heterocycles. The molecule has 0 aliphatic rings. The van der Waals surface area contributed by atoms with Gasteiger partial charge in [0.1, 0.15) is 30.0 Å². The van der Waals surface area contributed by atoms with Gasteiger partial charge in [-0.15, -0.1) is 0 Å². The molecule has 1 unspecified atom stereocenters. The van der Waals surface area contributed by atoms with E-state index in [4.69, 9.17) is 4.74 Å². The lowest BCUT2D eigenvalue weighted by Gasteiger charge is -2.19. The average molecular weight is 393 g/mol. The number of aromatic hydroxyl groups is 2. The fraction of sp³-hybridized carbons (Fsp3) is 0.250. The van der Waals surface area contributed by atoms with Crippen LogP contribution in [0.5, 0.6) is 17.2 Å². The van der Waals surface area contributed by atoms with Gasteiger partial charge in [-0.1, -0.05) is 42.5 Å². The van der Waals surface area contributed by atoms with Crippen LogP contribution in [-0.4, -0.2) is 41.1 Å². The van der Waals surface area contributed by atoms with E-state index in [1.54, 1.807) is 24.3 Å². The summed E-state index contributed by atoms with van der Waals surface area (Å²) in [6, 6.07) is 23.8. The van der Waals surface area contributed by atoms with Gasteiger partial charge in [0, 0.05) is 12.5 Å². The average Bonchev–Trinajstić information content (AvgIpc) is 2.75. The van der Waals surface area contributed by atoms with E-state index in [2.05, 4.69) is 5.32 Å². The first-order valence-electron chi connectivity index (χ1n) is 9.76. The van der Waals surface area contributed by atoms with E-state index in [1.165, 1.54) is 0 Å². The molecular weight excluding hydrogens is 366 g/mol. The molecule has 0 saturated heterocycles. The Hall–Kier alpha value is -3.02. The van der Waals surface area contributed by atoms with Crippen molar-refractivity contribution in [2.75, 3.05) is 19.7 Å². The third-order valence-corrected chi connectivity index (χ3v) is 4.77. The van der Waals surface area contributed by atoms with Crippen molar-refractivity contribution in [3.8, 4) is 17.2 Å². The molecule has 0 bridgehead atoms. The molecule has 152 valence electrons. The van der Waals surface area contributed by atoms with Crippen LogP contribution in [0, 0.1) is 0 Å². The standard InChI is InChI=1S/C24H27NO4/c26-20-10-6-18(7-11-20)24(19-8-12-21(27)13-9-19)14-15-25-16-22(28)17-29-23-4-2-1-3-5-23/h1-13,22,24-28H,14-17H2. The van der Waals surface area contributed by atoms with Gasteiger partial charge < -0.3 is 25.4 Å². The van der Waals surface area contributed by atoms with E-state index in [1.807, 2.05) is 54.6 Å². The molecule has 4 N–H and O–H groups in total. The van der Waals surface area contributed by atoms with Crippen molar-refractivity contribution in [1.82, 2.24) is 5.32 Å². The third kappa shape index (κ3) is 6.52. The largest absolute Gasteiger partial charge is 0.508 e. The second-order valence-corrected chi connectivity index (χ2v) is 7.01. The molecule has 0 aliphatic carbocycles. The molecule has 0 amide bonds. The number of hydrogen-bond donors (Lipinski definition) is 4. The second-order valence-electron chi connectivity index (χ2n) is 7.01. The van der Waals surface area contributed by atoms with E-state index in [0.29, 0.717) is 13.1 Å². The quantitative estimate of drug-likeness (QED) is 0.395. The van der Waals surface area contributed by atoms with Crippen molar-refractivity contribution in [3.05, 3.63) is 90.0 Å². The lowest BCUT2D eigenvalue weighted by molar-refractivity contribution is 0.106. The van der Waals surface area contributed by atoms with Gasteiger partial charge in [-0.05, 0) is 60.5 Å². The minimum atomic E-state index is -0.601. The normalized spacial score (nSPS) is 12.1. The highest BCUT2D eigenvalue weighted by atomic mass is 16.5. The number of nitrogens with one attached hydrogen (secondary N) is 1. The number of rotatable bonds is 10. The minimum absolute atomic E-state index is 0.112. The van der Waals surface area contributed by atoms with Crippen LogP contribution in [0.15, 0.2) is 78.9 Å². The van der Waals surface area contributed by atoms with Crippen LogP contribution in [-0.2, 0) is 0 Å². The van der Waals surface area contributed by atoms with E-state index in [-0.39, 0.29) is 24.0 Å². The first kappa shape index (κ1) is 20.7. The molecule has 0 heterocycles. The maximum absolute atomic E-state index is 10.1. The Morgan fingerprint density at radius 2 is 1.31 bits per heavy atom. The summed E-state index contributed by atoms with van der Waals surface area (Å²) < 4.78 is 5.57. The first-order chi connectivity index (χ1) is 14.1. The van der Waals surface area contributed by atoms with Gasteiger partial charge in [-0.2, -0.15) is 0 Å². The van der Waals surface area contributed by atoms with Crippen molar-refractivity contribution in [3.63, 3.8) is 0 Å². The maximum atomic E-state index is 10.1. The summed E-state index contributed by atoms with van der Waals surface area (Å²) in [6.45, 7) is 1.37. The molecule has 3 rings (SSSR count). The number of para-hydroxylation sites is 1. The van der Waals surface area contributed by atoms with Crippen molar-refractivity contribution in [1.29, 1.82) is 0 Å². The van der Waals surface area contributed by atoms with Gasteiger partial charge >= 0.3 is 0 Å². The molecule has 3 aromatic carbocycles. The van der Waals surface area contributed by atoms with Crippen LogP contribution in [0.3, 0.4) is 0 Å². The predicted octanol–water partition coefficient (Wildman–Crippen LogP) is 3.65. The Labute approximate surface area is 171 Å². The van der Waals surface area contributed by atoms with Crippen molar-refractivity contribution in [2.24, 2.45) is 0 Å². The van der Waals surface area contributed by atoms with Crippen LogP contribution in [0.4, 0.5) is 0 Å². The molecular formula is C24H27NO4. The Kier molecular flexibility index (Phi) is 7.50. The molecule has 0 spiro atoms. The lowest BCUT2D eigenvalue weighted by atomic mass is 9.88. The zero-order valence-electron chi connectivity index (χ0n) is 16.2. The lowest BCUT2D eigenvalue weighted by Crippen LogP contribution is -2.32. The van der Waals surface area contributed by atoms with Crippen molar-refractivity contribution >= 4 is 0 Å². The molecule has 0 saturated carbocycles. The summed E-state index contributed by atoms with van der Waals surface area (Å²) in [6.07, 6.45) is 0.206. The SMILES string of the molecule is Oc1ccc(C(CCNCC(O)COc2ccccc2)c2ccc(O)cc2)cc1. The van der Waals surface area contributed by atoms with E-state index < -0.39 is 6.10 Å². The summed E-state index contributed by atoms with van der Waals surface area (Å²) in [7, 11) is 0. The minimum Gasteiger partial charge on any atom is -0.508 e. The first-order valence-corrected chi connectivity index (χ1v) is 9.76. The zero-order valence-corrected chi connectivity index (χ0v) is 16.2. The highest BCUT2D eigenvalue weighted by Gasteiger charge is 2.15. The van der Waals surface area contributed by atoms with Crippen LogP contribution >= 0.6 is 0 Å². The van der Waals surface area contributed by atoms with Gasteiger partial charge in [0.15, 0.2) is 0 Å². The zero-order chi connectivity index (χ0) is 20.5. The molecule has 5 nitrogen and oxygen atoms in total. The van der Waals surface area contributed by atoms with Gasteiger partial charge in [0.05, 0.1) is 0 Å². The van der Waals surface area contributed by atoms with Crippen molar-refractivity contribution < 1.29 is 20.1 Å². The summed E-state index contributed by atoms with van der Waals surface area (Å²) >= 11 is 0. The number of phenolic OH excluding ortho intramolecular Hbond substituents is 2. The van der Waals surface area contributed by atoms with E-state index in [0.717, 1.165) is 23.3 Å². The number of phenols is 2. The summed E-state index contributed by atoms with van der Waals surface area (Å²) in [5.41, 5.74) is 2.17. The summed E-state index contributed by atoms with van der Waals surface area (Å²) in [5.74, 6) is 1.32. The van der Waals surface area contributed by atoms with Gasteiger partial charge in [0.25, 0.3) is 0 Å². The van der Waals surface area contributed by atoms with Crippen LogP contribution < -0.4 is 10.1 Å². The smallest absolute Gasteiger partial charge is 0.119 e. The van der Waals surface area contributed by atoms with Crippen molar-refractivity contribution in [2.45, 2.75) is 18.4 Å². The van der Waals surface area contributed by atoms with Gasteiger partial charge in [-0.3, -0.25) is 0 Å². The fourth-order valence-corrected chi connectivity index (χ4v) is 3.22. The molecule has 1 atom stereocenters. The monoisotopic (exact) mass is 393 g/mol. The van der Waals surface area contributed by atoms with Crippen LogP contribution in [0.25, 0.3) is 0 Å². The predicted molar refractivity (Wildman–Crippen MR) is 113 cm³/mol. The highest BCUT2D eigenvalue weighted by molar-refractivity contribution is 5.37. The van der Waals surface area contributed by atoms with Crippen LogP contribution in [0.1, 0.15) is 23.5 Å². The number of ether oxygens (including phenoxy) is 1. The topological polar surface area (TPSA) is 82.0 Å². The highest BCUT2D eigenvalue weighted by Crippen LogP contribution is 2.30. The molecule has 0 aliphatic heterocycles. The Bertz CT molecular complexity index is 805. The molecule has 0 fully saturated rings. The van der Waals surface area contributed by atoms with Crippen LogP contribution in [0.2, 0.25) is 0 Å². The van der Waals surface area contributed by atoms with E-state index >= 15 is 0 Å². The molecule has 3 aromatic rings. The van der Waals surface area contributed by atoms with Gasteiger partial charge in [0.2, 0.25) is 0 Å². The Balaban J connectivity index is 1.52. The molecule has 29 heavy (non-hydrogen) atoms. The number of aliphatic hydroxyl groups is 1. The fourth-order valence-electron chi connectivity index (χ4n) is 3.22. The number of benzene rings is 3. The number of aliphatic hydroxyl groups excluding tert-OH is 1. The molecule has 0 radical (unpaired) electrons. The summed E-state index contributed by atoms with van der Waals surface area (Å²) in [4.78, 5) is 0. The maximum Gasteiger partial charge on any atom is 0.119 e. The summed E-state index contributed by atoms with van der Waals surface area (Å²) in [5, 5.41) is 32.6.